The average molecular weight is 213 g/mol. The van der Waals surface area contributed by atoms with Gasteiger partial charge in [0.2, 0.25) is 0 Å². The smallest absolute Gasteiger partial charge is 0.170 e. The number of aryl methyl sites for hydroxylation is 1. The van der Waals surface area contributed by atoms with Crippen LogP contribution in [0.2, 0.25) is 0 Å². The fourth-order valence-electron chi connectivity index (χ4n) is 1.70. The zero-order valence-electron chi connectivity index (χ0n) is 9.48. The molecule has 0 fully saturated rings. The van der Waals surface area contributed by atoms with E-state index >= 15 is 0 Å². The number of fused-ring (bicyclic) bond motifs is 1. The molecule has 0 saturated heterocycles. The first-order chi connectivity index (χ1) is 7.85. The Morgan fingerprint density at radius 3 is 3.06 bits per heavy atom. The van der Waals surface area contributed by atoms with Gasteiger partial charge in [0, 0.05) is 11.9 Å². The molecule has 0 spiro atoms. The van der Waals surface area contributed by atoms with E-state index in [1.807, 2.05) is 12.3 Å². The maximum Gasteiger partial charge on any atom is 0.170 e. The Morgan fingerprint density at radius 1 is 1.44 bits per heavy atom. The third-order valence-electron chi connectivity index (χ3n) is 2.62. The zero-order valence-corrected chi connectivity index (χ0v) is 9.48. The minimum atomic E-state index is 0.761. The number of terminal acetylenes is 1. The summed E-state index contributed by atoms with van der Waals surface area (Å²) >= 11 is 0. The number of aromatic nitrogens is 3. The van der Waals surface area contributed by atoms with E-state index in [1.165, 1.54) is 19.3 Å². The van der Waals surface area contributed by atoms with Gasteiger partial charge in [-0.1, -0.05) is 25.7 Å². The largest absolute Gasteiger partial charge is 0.232 e. The normalized spacial score (nSPS) is 10.5. The van der Waals surface area contributed by atoms with Crippen LogP contribution in [0, 0.1) is 12.3 Å². The molecule has 0 saturated carbocycles. The van der Waals surface area contributed by atoms with Crippen LogP contribution in [-0.2, 0) is 6.42 Å². The van der Waals surface area contributed by atoms with Gasteiger partial charge in [-0.25, -0.2) is 9.50 Å². The molecule has 0 amide bonds. The average Bonchev–Trinajstić information content (AvgIpc) is 2.71. The van der Waals surface area contributed by atoms with Crippen LogP contribution in [0.25, 0.3) is 5.65 Å². The van der Waals surface area contributed by atoms with Crippen molar-refractivity contribution in [3.63, 3.8) is 0 Å². The van der Waals surface area contributed by atoms with Crippen LogP contribution in [0.1, 0.15) is 37.4 Å². The Hall–Kier alpha value is -1.82. The van der Waals surface area contributed by atoms with E-state index < -0.39 is 0 Å². The van der Waals surface area contributed by atoms with Crippen LogP contribution < -0.4 is 0 Å². The summed E-state index contributed by atoms with van der Waals surface area (Å²) in [6.45, 7) is 2.20. The summed E-state index contributed by atoms with van der Waals surface area (Å²) in [6.07, 6.45) is 13.7. The van der Waals surface area contributed by atoms with Crippen molar-refractivity contribution in [3.8, 4) is 12.3 Å². The second-order valence-corrected chi connectivity index (χ2v) is 3.85. The number of hydrogen-bond donors (Lipinski definition) is 0. The van der Waals surface area contributed by atoms with Crippen molar-refractivity contribution >= 4 is 5.65 Å². The van der Waals surface area contributed by atoms with Gasteiger partial charge < -0.3 is 0 Å². The van der Waals surface area contributed by atoms with Crippen molar-refractivity contribution < 1.29 is 0 Å². The first kappa shape index (κ1) is 10.7. The second-order valence-electron chi connectivity index (χ2n) is 3.85. The molecule has 3 nitrogen and oxygen atoms in total. The lowest BCUT2D eigenvalue weighted by Gasteiger charge is -2.00. The highest BCUT2D eigenvalue weighted by Crippen LogP contribution is 2.09. The van der Waals surface area contributed by atoms with E-state index in [2.05, 4.69) is 22.9 Å². The number of nitrogens with zero attached hydrogens (tertiary/aromatic N) is 3. The molecule has 3 heteroatoms. The molecule has 0 atom stereocenters. The third kappa shape index (κ3) is 2.06. The lowest BCUT2D eigenvalue weighted by molar-refractivity contribution is 0.706. The van der Waals surface area contributed by atoms with E-state index in [0.717, 1.165) is 23.3 Å². The Morgan fingerprint density at radius 2 is 2.31 bits per heavy atom. The molecule has 0 radical (unpaired) electrons. The van der Waals surface area contributed by atoms with E-state index in [0.29, 0.717) is 0 Å². The van der Waals surface area contributed by atoms with Gasteiger partial charge in [0.15, 0.2) is 5.65 Å². The highest BCUT2D eigenvalue weighted by Gasteiger charge is 2.03. The number of hydrogen-bond acceptors (Lipinski definition) is 2. The monoisotopic (exact) mass is 213 g/mol. The predicted octanol–water partition coefficient (Wildman–Crippen LogP) is 2.44. The van der Waals surface area contributed by atoms with Crippen LogP contribution >= 0.6 is 0 Å². The van der Waals surface area contributed by atoms with E-state index in [-0.39, 0.29) is 0 Å². The maximum atomic E-state index is 5.39. The van der Waals surface area contributed by atoms with Crippen molar-refractivity contribution in [3.05, 3.63) is 29.7 Å². The summed E-state index contributed by atoms with van der Waals surface area (Å²) in [5.41, 5.74) is 2.65. The van der Waals surface area contributed by atoms with E-state index in [1.54, 1.807) is 10.7 Å². The SMILES string of the molecule is C#Cc1cnn2ccc(CCCCC)nc12. The molecule has 0 N–H and O–H groups in total. The molecule has 0 aromatic carbocycles. The minimum absolute atomic E-state index is 0.761. The molecule has 0 aliphatic heterocycles. The first-order valence-electron chi connectivity index (χ1n) is 5.65. The van der Waals surface area contributed by atoms with E-state index in [9.17, 15) is 0 Å². The zero-order chi connectivity index (χ0) is 11.4. The highest BCUT2D eigenvalue weighted by molar-refractivity contribution is 5.55. The quantitative estimate of drug-likeness (QED) is 0.577. The number of unbranched alkanes of at least 4 members (excludes halogenated alkanes) is 2. The molecule has 0 bridgehead atoms. The maximum absolute atomic E-state index is 5.39. The fraction of sp³-hybridized carbons (Fsp3) is 0.385. The van der Waals surface area contributed by atoms with Gasteiger partial charge in [-0.3, -0.25) is 0 Å². The molecule has 2 rings (SSSR count). The molecule has 82 valence electrons. The van der Waals surface area contributed by atoms with Crippen molar-refractivity contribution in [2.45, 2.75) is 32.6 Å². The molecule has 2 aromatic heterocycles. The molecule has 0 unspecified atom stereocenters. The van der Waals surface area contributed by atoms with E-state index in [4.69, 9.17) is 6.42 Å². The molecular formula is C13H15N3. The first-order valence-corrected chi connectivity index (χ1v) is 5.65. The fourth-order valence-corrected chi connectivity index (χ4v) is 1.70. The van der Waals surface area contributed by atoms with Crippen LogP contribution in [0.4, 0.5) is 0 Å². The van der Waals surface area contributed by atoms with Crippen molar-refractivity contribution in [1.82, 2.24) is 14.6 Å². The van der Waals surface area contributed by atoms with Gasteiger partial charge in [-0.2, -0.15) is 5.10 Å². The van der Waals surface area contributed by atoms with Crippen LogP contribution in [0.3, 0.4) is 0 Å². The summed E-state index contributed by atoms with van der Waals surface area (Å²) in [4.78, 5) is 4.54. The summed E-state index contributed by atoms with van der Waals surface area (Å²) < 4.78 is 1.72. The summed E-state index contributed by atoms with van der Waals surface area (Å²) in [7, 11) is 0. The summed E-state index contributed by atoms with van der Waals surface area (Å²) in [6, 6.07) is 2.01. The predicted molar refractivity (Wildman–Crippen MR) is 64.2 cm³/mol. The Balaban J connectivity index is 2.25. The summed E-state index contributed by atoms with van der Waals surface area (Å²) in [5, 5.41) is 4.14. The number of rotatable bonds is 4. The topological polar surface area (TPSA) is 30.2 Å². The Bertz CT molecular complexity index is 519. The van der Waals surface area contributed by atoms with Crippen LogP contribution in [0.5, 0.6) is 0 Å². The van der Waals surface area contributed by atoms with Crippen molar-refractivity contribution in [2.75, 3.05) is 0 Å². The van der Waals surface area contributed by atoms with Gasteiger partial charge in [-0.15, -0.1) is 6.42 Å². The van der Waals surface area contributed by atoms with Gasteiger partial charge >= 0.3 is 0 Å². The van der Waals surface area contributed by atoms with Crippen molar-refractivity contribution in [2.24, 2.45) is 0 Å². The molecule has 0 aliphatic rings. The molecule has 0 aliphatic carbocycles. The standard InChI is InChI=1S/C13H15N3/c1-3-5-6-7-12-8-9-16-13(15-12)11(4-2)10-14-16/h2,8-10H,3,5-7H2,1H3. The lowest BCUT2D eigenvalue weighted by Crippen LogP contribution is -1.96. The van der Waals surface area contributed by atoms with Gasteiger partial charge in [-0.05, 0) is 18.9 Å². The minimum Gasteiger partial charge on any atom is -0.232 e. The van der Waals surface area contributed by atoms with Gasteiger partial charge in [0.1, 0.15) is 0 Å². The Labute approximate surface area is 95.5 Å². The molecule has 16 heavy (non-hydrogen) atoms. The highest BCUT2D eigenvalue weighted by atomic mass is 15.2. The lowest BCUT2D eigenvalue weighted by atomic mass is 10.1. The van der Waals surface area contributed by atoms with Crippen molar-refractivity contribution in [1.29, 1.82) is 0 Å². The van der Waals surface area contributed by atoms with Gasteiger partial charge in [0.05, 0.1) is 11.8 Å². The molecule has 2 heterocycles. The van der Waals surface area contributed by atoms with Gasteiger partial charge in [0.25, 0.3) is 0 Å². The molecular weight excluding hydrogens is 198 g/mol. The van der Waals surface area contributed by atoms with Crippen LogP contribution in [-0.4, -0.2) is 14.6 Å². The molecule has 2 aromatic rings. The summed E-state index contributed by atoms with van der Waals surface area (Å²) in [5.74, 6) is 2.60. The second kappa shape index (κ2) is 4.80. The third-order valence-corrected chi connectivity index (χ3v) is 2.62. The van der Waals surface area contributed by atoms with Crippen LogP contribution in [0.15, 0.2) is 18.5 Å². The Kier molecular flexibility index (Phi) is 3.21.